The SMILES string of the molecule is CCc1cc(CN(C)C(=O)C2(N)CC2)ccc1OC. The molecule has 0 atom stereocenters. The van der Waals surface area contributed by atoms with Crippen LogP contribution in [0.25, 0.3) is 0 Å². The molecule has 4 heteroatoms. The van der Waals surface area contributed by atoms with Gasteiger partial charge in [-0.2, -0.15) is 0 Å². The van der Waals surface area contributed by atoms with Crippen molar-refractivity contribution < 1.29 is 9.53 Å². The Kier molecular flexibility index (Phi) is 3.80. The first-order valence-electron chi connectivity index (χ1n) is 6.70. The zero-order valence-electron chi connectivity index (χ0n) is 11.9. The zero-order chi connectivity index (χ0) is 14.0. The van der Waals surface area contributed by atoms with Crippen molar-refractivity contribution in [1.82, 2.24) is 4.90 Å². The third-order valence-electron chi connectivity index (χ3n) is 3.71. The molecule has 0 spiro atoms. The Bertz CT molecular complexity index is 481. The van der Waals surface area contributed by atoms with E-state index in [2.05, 4.69) is 13.0 Å². The average Bonchev–Trinajstić information content (AvgIpc) is 3.16. The Morgan fingerprint density at radius 2 is 2.16 bits per heavy atom. The second kappa shape index (κ2) is 5.21. The van der Waals surface area contributed by atoms with Gasteiger partial charge in [-0.05, 0) is 36.5 Å². The molecule has 1 fully saturated rings. The van der Waals surface area contributed by atoms with Crippen LogP contribution in [-0.4, -0.2) is 30.5 Å². The lowest BCUT2D eigenvalue weighted by molar-refractivity contribution is -0.132. The molecular formula is C15H22N2O2. The minimum Gasteiger partial charge on any atom is -0.496 e. The molecule has 1 aliphatic rings. The molecule has 1 amide bonds. The maximum Gasteiger partial charge on any atom is 0.242 e. The summed E-state index contributed by atoms with van der Waals surface area (Å²) in [4.78, 5) is 13.8. The van der Waals surface area contributed by atoms with Crippen molar-refractivity contribution in [1.29, 1.82) is 0 Å². The summed E-state index contributed by atoms with van der Waals surface area (Å²) in [5, 5.41) is 0. The zero-order valence-corrected chi connectivity index (χ0v) is 11.9. The molecule has 0 heterocycles. The first kappa shape index (κ1) is 13.9. The number of benzene rings is 1. The molecular weight excluding hydrogens is 240 g/mol. The summed E-state index contributed by atoms with van der Waals surface area (Å²) in [7, 11) is 3.49. The lowest BCUT2D eigenvalue weighted by Gasteiger charge is -2.21. The Hall–Kier alpha value is -1.55. The molecule has 1 aliphatic carbocycles. The highest BCUT2D eigenvalue weighted by Gasteiger charge is 2.47. The van der Waals surface area contributed by atoms with Gasteiger partial charge in [0, 0.05) is 13.6 Å². The van der Waals surface area contributed by atoms with Crippen molar-refractivity contribution in [2.24, 2.45) is 5.73 Å². The van der Waals surface area contributed by atoms with Crippen molar-refractivity contribution in [2.75, 3.05) is 14.2 Å². The summed E-state index contributed by atoms with van der Waals surface area (Å²) in [6.07, 6.45) is 2.52. The summed E-state index contributed by atoms with van der Waals surface area (Å²) in [6, 6.07) is 6.05. The molecule has 0 aromatic heterocycles. The Labute approximate surface area is 114 Å². The fraction of sp³-hybridized carbons (Fsp3) is 0.533. The van der Waals surface area contributed by atoms with E-state index in [4.69, 9.17) is 10.5 Å². The quantitative estimate of drug-likeness (QED) is 0.879. The van der Waals surface area contributed by atoms with Gasteiger partial charge in [0.25, 0.3) is 0 Å². The number of aryl methyl sites for hydroxylation is 1. The van der Waals surface area contributed by atoms with Crippen LogP contribution in [0.5, 0.6) is 5.75 Å². The van der Waals surface area contributed by atoms with Crippen LogP contribution < -0.4 is 10.5 Å². The second-order valence-corrected chi connectivity index (χ2v) is 5.32. The predicted molar refractivity (Wildman–Crippen MR) is 75.0 cm³/mol. The standard InChI is InChI=1S/C15H22N2O2/c1-4-12-9-11(5-6-13(12)19-3)10-17(2)14(18)15(16)7-8-15/h5-6,9H,4,7-8,10,16H2,1-3H3. The van der Waals surface area contributed by atoms with E-state index < -0.39 is 5.54 Å². The first-order valence-corrected chi connectivity index (χ1v) is 6.70. The number of methoxy groups -OCH3 is 1. The van der Waals surface area contributed by atoms with Crippen LogP contribution >= 0.6 is 0 Å². The van der Waals surface area contributed by atoms with E-state index in [9.17, 15) is 4.79 Å². The third kappa shape index (κ3) is 2.89. The van der Waals surface area contributed by atoms with Crippen LogP contribution in [0.4, 0.5) is 0 Å². The molecule has 0 saturated heterocycles. The molecule has 0 radical (unpaired) electrons. The van der Waals surface area contributed by atoms with Gasteiger partial charge < -0.3 is 15.4 Å². The summed E-state index contributed by atoms with van der Waals surface area (Å²) < 4.78 is 5.31. The summed E-state index contributed by atoms with van der Waals surface area (Å²) in [5.41, 5.74) is 7.62. The molecule has 0 unspecified atom stereocenters. The monoisotopic (exact) mass is 262 g/mol. The van der Waals surface area contributed by atoms with E-state index in [1.165, 1.54) is 0 Å². The van der Waals surface area contributed by atoms with E-state index in [1.54, 1.807) is 12.0 Å². The highest BCUT2D eigenvalue weighted by Crippen LogP contribution is 2.34. The lowest BCUT2D eigenvalue weighted by atomic mass is 10.1. The molecule has 1 aromatic carbocycles. The fourth-order valence-corrected chi connectivity index (χ4v) is 2.28. The number of likely N-dealkylation sites (N-methyl/N-ethyl adjacent to an activating group) is 1. The predicted octanol–water partition coefficient (Wildman–Crippen LogP) is 1.71. The van der Waals surface area contributed by atoms with Gasteiger partial charge in [-0.25, -0.2) is 0 Å². The van der Waals surface area contributed by atoms with Crippen LogP contribution in [0.15, 0.2) is 18.2 Å². The number of hydrogen-bond acceptors (Lipinski definition) is 3. The average molecular weight is 262 g/mol. The van der Waals surface area contributed by atoms with Crippen molar-refractivity contribution in [3.8, 4) is 5.75 Å². The lowest BCUT2D eigenvalue weighted by Crippen LogP contribution is -2.43. The van der Waals surface area contributed by atoms with E-state index in [0.717, 1.165) is 36.1 Å². The van der Waals surface area contributed by atoms with E-state index in [-0.39, 0.29) is 5.91 Å². The first-order chi connectivity index (χ1) is 9.00. The molecule has 104 valence electrons. The van der Waals surface area contributed by atoms with Gasteiger partial charge in [-0.3, -0.25) is 4.79 Å². The van der Waals surface area contributed by atoms with Crippen molar-refractivity contribution in [3.63, 3.8) is 0 Å². The molecule has 19 heavy (non-hydrogen) atoms. The number of rotatable bonds is 5. The highest BCUT2D eigenvalue weighted by molar-refractivity contribution is 5.88. The second-order valence-electron chi connectivity index (χ2n) is 5.32. The van der Waals surface area contributed by atoms with Crippen LogP contribution in [-0.2, 0) is 17.8 Å². The van der Waals surface area contributed by atoms with E-state index in [0.29, 0.717) is 6.54 Å². The van der Waals surface area contributed by atoms with Gasteiger partial charge in [0.05, 0.1) is 12.6 Å². The van der Waals surface area contributed by atoms with Crippen LogP contribution in [0.3, 0.4) is 0 Å². The number of amides is 1. The third-order valence-corrected chi connectivity index (χ3v) is 3.71. The van der Waals surface area contributed by atoms with Crippen molar-refractivity contribution in [3.05, 3.63) is 29.3 Å². The largest absolute Gasteiger partial charge is 0.496 e. The van der Waals surface area contributed by atoms with Crippen molar-refractivity contribution >= 4 is 5.91 Å². The maximum absolute atomic E-state index is 12.1. The van der Waals surface area contributed by atoms with Crippen LogP contribution in [0.1, 0.15) is 30.9 Å². The number of hydrogen-bond donors (Lipinski definition) is 1. The maximum atomic E-state index is 12.1. The van der Waals surface area contributed by atoms with Gasteiger partial charge >= 0.3 is 0 Å². The molecule has 1 saturated carbocycles. The summed E-state index contributed by atoms with van der Waals surface area (Å²) in [5.74, 6) is 0.944. The number of nitrogens with zero attached hydrogens (tertiary/aromatic N) is 1. The normalized spacial score (nSPS) is 16.0. The molecule has 1 aromatic rings. The van der Waals surface area contributed by atoms with Crippen molar-refractivity contribution in [2.45, 2.75) is 38.3 Å². The van der Waals surface area contributed by atoms with Gasteiger partial charge in [0.1, 0.15) is 5.75 Å². The smallest absolute Gasteiger partial charge is 0.242 e. The van der Waals surface area contributed by atoms with Gasteiger partial charge in [-0.15, -0.1) is 0 Å². The van der Waals surface area contributed by atoms with Gasteiger partial charge in [0.15, 0.2) is 0 Å². The summed E-state index contributed by atoms with van der Waals surface area (Å²) in [6.45, 7) is 2.68. The van der Waals surface area contributed by atoms with E-state index >= 15 is 0 Å². The minimum atomic E-state index is -0.588. The molecule has 4 nitrogen and oxygen atoms in total. The Balaban J connectivity index is 2.08. The Morgan fingerprint density at radius 1 is 1.47 bits per heavy atom. The fourth-order valence-electron chi connectivity index (χ4n) is 2.28. The van der Waals surface area contributed by atoms with Crippen LogP contribution in [0, 0.1) is 0 Å². The minimum absolute atomic E-state index is 0.0429. The van der Waals surface area contributed by atoms with Gasteiger partial charge in [-0.1, -0.05) is 19.1 Å². The number of carbonyl (C=O) groups is 1. The number of nitrogens with two attached hydrogens (primary N) is 1. The molecule has 2 N–H and O–H groups in total. The Morgan fingerprint density at radius 3 is 2.68 bits per heavy atom. The highest BCUT2D eigenvalue weighted by atomic mass is 16.5. The topological polar surface area (TPSA) is 55.6 Å². The number of ether oxygens (including phenoxy) is 1. The van der Waals surface area contributed by atoms with E-state index in [1.807, 2.05) is 19.2 Å². The molecule has 2 rings (SSSR count). The number of carbonyl (C=O) groups excluding carboxylic acids is 1. The molecule has 0 aliphatic heterocycles. The summed E-state index contributed by atoms with van der Waals surface area (Å²) >= 11 is 0. The van der Waals surface area contributed by atoms with Crippen LogP contribution in [0.2, 0.25) is 0 Å². The molecule has 0 bridgehead atoms. The van der Waals surface area contributed by atoms with Gasteiger partial charge in [0.2, 0.25) is 5.91 Å².